The number of aromatic amines is 1. The fraction of sp³-hybridized carbons (Fsp3) is 0.0625. The molecule has 0 aliphatic rings. The van der Waals surface area contributed by atoms with Gasteiger partial charge in [0, 0.05) is 27.1 Å². The van der Waals surface area contributed by atoms with Gasteiger partial charge in [-0.05, 0) is 18.6 Å². The molecule has 0 saturated heterocycles. The molecule has 0 aliphatic carbocycles. The number of fused-ring (bicyclic) bond motifs is 1. The molecule has 0 fully saturated rings. The lowest BCUT2D eigenvalue weighted by molar-refractivity contribution is 0.112. The maximum atomic E-state index is 11.4. The van der Waals surface area contributed by atoms with Crippen molar-refractivity contribution in [1.29, 1.82) is 0 Å². The number of aryl methyl sites for hydroxylation is 1. The third-order valence-corrected chi connectivity index (χ3v) is 3.67. The minimum atomic E-state index is 0.634. The Labute approximate surface area is 116 Å². The van der Waals surface area contributed by atoms with Gasteiger partial charge in [0.2, 0.25) is 0 Å². The number of H-pyrrole nitrogens is 1. The van der Waals surface area contributed by atoms with Crippen LogP contribution in [0.4, 0.5) is 0 Å². The van der Waals surface area contributed by atoms with E-state index in [1.165, 1.54) is 0 Å². The molecule has 3 aromatic rings. The van der Waals surface area contributed by atoms with E-state index in [1.54, 1.807) is 0 Å². The SMILES string of the molecule is Cc1cccc2c(C=O)c(-c3ccccc3Cl)[nH]c12. The van der Waals surface area contributed by atoms with E-state index in [0.29, 0.717) is 10.6 Å². The van der Waals surface area contributed by atoms with Gasteiger partial charge in [-0.25, -0.2) is 0 Å². The molecule has 0 spiro atoms. The van der Waals surface area contributed by atoms with Crippen LogP contribution in [0.3, 0.4) is 0 Å². The van der Waals surface area contributed by atoms with Crippen molar-refractivity contribution in [3.8, 4) is 11.3 Å². The van der Waals surface area contributed by atoms with E-state index in [9.17, 15) is 4.79 Å². The Bertz CT molecular complexity index is 774. The van der Waals surface area contributed by atoms with E-state index in [1.807, 2.05) is 49.4 Å². The Morgan fingerprint density at radius 2 is 1.89 bits per heavy atom. The van der Waals surface area contributed by atoms with Gasteiger partial charge in [-0.1, -0.05) is 48.0 Å². The van der Waals surface area contributed by atoms with Crippen LogP contribution in [0, 0.1) is 6.92 Å². The molecule has 1 N–H and O–H groups in total. The highest BCUT2D eigenvalue weighted by molar-refractivity contribution is 6.33. The zero-order valence-electron chi connectivity index (χ0n) is 10.4. The minimum Gasteiger partial charge on any atom is -0.354 e. The van der Waals surface area contributed by atoms with Crippen LogP contribution in [0.1, 0.15) is 15.9 Å². The van der Waals surface area contributed by atoms with Crippen molar-refractivity contribution in [3.63, 3.8) is 0 Å². The highest BCUT2D eigenvalue weighted by atomic mass is 35.5. The van der Waals surface area contributed by atoms with Crippen molar-refractivity contribution >= 4 is 28.8 Å². The lowest BCUT2D eigenvalue weighted by Gasteiger charge is -2.02. The van der Waals surface area contributed by atoms with Crippen molar-refractivity contribution in [1.82, 2.24) is 4.98 Å². The zero-order chi connectivity index (χ0) is 13.4. The van der Waals surface area contributed by atoms with Gasteiger partial charge in [-0.15, -0.1) is 0 Å². The predicted octanol–water partition coefficient (Wildman–Crippen LogP) is 4.61. The molecule has 1 aromatic heterocycles. The lowest BCUT2D eigenvalue weighted by atomic mass is 10.1. The van der Waals surface area contributed by atoms with Crippen LogP contribution in [0.2, 0.25) is 5.02 Å². The van der Waals surface area contributed by atoms with Crippen LogP contribution in [0.15, 0.2) is 42.5 Å². The van der Waals surface area contributed by atoms with E-state index in [2.05, 4.69) is 4.98 Å². The molecule has 0 radical (unpaired) electrons. The average molecular weight is 270 g/mol. The molecule has 19 heavy (non-hydrogen) atoms. The van der Waals surface area contributed by atoms with E-state index >= 15 is 0 Å². The molecule has 94 valence electrons. The summed E-state index contributed by atoms with van der Waals surface area (Å²) in [6, 6.07) is 13.4. The number of aromatic nitrogens is 1. The maximum absolute atomic E-state index is 11.4. The van der Waals surface area contributed by atoms with E-state index < -0.39 is 0 Å². The fourth-order valence-corrected chi connectivity index (χ4v) is 2.61. The predicted molar refractivity (Wildman–Crippen MR) is 78.9 cm³/mol. The third-order valence-electron chi connectivity index (χ3n) is 3.34. The summed E-state index contributed by atoms with van der Waals surface area (Å²) in [5.74, 6) is 0. The van der Waals surface area contributed by atoms with Gasteiger partial charge in [-0.3, -0.25) is 4.79 Å². The van der Waals surface area contributed by atoms with Crippen LogP contribution in [-0.4, -0.2) is 11.3 Å². The first-order chi connectivity index (χ1) is 9.22. The summed E-state index contributed by atoms with van der Waals surface area (Å²) in [6.07, 6.45) is 0.886. The minimum absolute atomic E-state index is 0.634. The summed E-state index contributed by atoms with van der Waals surface area (Å²) in [5, 5.41) is 1.57. The lowest BCUT2D eigenvalue weighted by Crippen LogP contribution is -1.85. The highest BCUT2D eigenvalue weighted by Gasteiger charge is 2.15. The van der Waals surface area contributed by atoms with Crippen molar-refractivity contribution in [2.75, 3.05) is 0 Å². The monoisotopic (exact) mass is 269 g/mol. The van der Waals surface area contributed by atoms with Crippen LogP contribution in [0.5, 0.6) is 0 Å². The van der Waals surface area contributed by atoms with Crippen LogP contribution >= 0.6 is 11.6 Å². The molecular weight excluding hydrogens is 258 g/mol. The summed E-state index contributed by atoms with van der Waals surface area (Å²) in [5.41, 5.74) is 4.39. The Morgan fingerprint density at radius 1 is 1.11 bits per heavy atom. The molecule has 2 aromatic carbocycles. The smallest absolute Gasteiger partial charge is 0.152 e. The first kappa shape index (κ1) is 12.0. The van der Waals surface area contributed by atoms with Crippen molar-refractivity contribution in [2.24, 2.45) is 0 Å². The van der Waals surface area contributed by atoms with E-state index in [-0.39, 0.29) is 0 Å². The Balaban J connectivity index is 2.39. The van der Waals surface area contributed by atoms with Crippen LogP contribution < -0.4 is 0 Å². The number of halogens is 1. The van der Waals surface area contributed by atoms with Gasteiger partial charge in [0.1, 0.15) is 0 Å². The summed E-state index contributed by atoms with van der Waals surface area (Å²) < 4.78 is 0. The molecule has 0 atom stereocenters. The maximum Gasteiger partial charge on any atom is 0.152 e. The number of carbonyl (C=O) groups excluding carboxylic acids is 1. The number of hydrogen-bond acceptors (Lipinski definition) is 1. The molecule has 0 bridgehead atoms. The molecular formula is C16H12ClNO. The first-order valence-electron chi connectivity index (χ1n) is 6.03. The molecule has 3 heteroatoms. The summed E-state index contributed by atoms with van der Waals surface area (Å²) in [6.45, 7) is 2.02. The van der Waals surface area contributed by atoms with Gasteiger partial charge < -0.3 is 4.98 Å². The Kier molecular flexibility index (Phi) is 2.88. The second-order valence-corrected chi connectivity index (χ2v) is 4.92. The largest absolute Gasteiger partial charge is 0.354 e. The molecule has 0 unspecified atom stereocenters. The second kappa shape index (κ2) is 4.56. The van der Waals surface area contributed by atoms with Gasteiger partial charge in [-0.2, -0.15) is 0 Å². The molecule has 3 rings (SSSR count). The standard InChI is InChI=1S/C16H12ClNO/c1-10-5-4-7-11-13(9-19)16(18-15(10)11)12-6-2-3-8-14(12)17/h2-9,18H,1H3. The summed E-state index contributed by atoms with van der Waals surface area (Å²) in [7, 11) is 0. The number of benzene rings is 2. The molecule has 0 aliphatic heterocycles. The van der Waals surface area contributed by atoms with Gasteiger partial charge in [0.05, 0.1) is 5.69 Å². The van der Waals surface area contributed by atoms with Crippen molar-refractivity contribution < 1.29 is 4.79 Å². The quantitative estimate of drug-likeness (QED) is 0.677. The van der Waals surface area contributed by atoms with E-state index in [0.717, 1.165) is 34.0 Å². The fourth-order valence-electron chi connectivity index (χ4n) is 2.38. The van der Waals surface area contributed by atoms with Gasteiger partial charge in [0.15, 0.2) is 6.29 Å². The second-order valence-electron chi connectivity index (χ2n) is 4.51. The molecule has 2 nitrogen and oxygen atoms in total. The zero-order valence-corrected chi connectivity index (χ0v) is 11.2. The van der Waals surface area contributed by atoms with Crippen LogP contribution in [-0.2, 0) is 0 Å². The van der Waals surface area contributed by atoms with E-state index in [4.69, 9.17) is 11.6 Å². The topological polar surface area (TPSA) is 32.9 Å². The molecule has 1 heterocycles. The average Bonchev–Trinajstić information content (AvgIpc) is 2.79. The Morgan fingerprint density at radius 3 is 2.63 bits per heavy atom. The molecule has 0 saturated carbocycles. The third kappa shape index (κ3) is 1.85. The van der Waals surface area contributed by atoms with Crippen molar-refractivity contribution in [3.05, 3.63) is 58.6 Å². The normalized spacial score (nSPS) is 10.8. The number of para-hydroxylation sites is 1. The van der Waals surface area contributed by atoms with Crippen LogP contribution in [0.25, 0.3) is 22.2 Å². The summed E-state index contributed by atoms with van der Waals surface area (Å²) >= 11 is 6.22. The number of carbonyl (C=O) groups is 1. The number of nitrogens with one attached hydrogen (secondary N) is 1. The highest BCUT2D eigenvalue weighted by Crippen LogP contribution is 2.34. The number of aldehydes is 1. The number of hydrogen-bond donors (Lipinski definition) is 1. The number of rotatable bonds is 2. The van der Waals surface area contributed by atoms with Gasteiger partial charge in [0.25, 0.3) is 0 Å². The summed E-state index contributed by atoms with van der Waals surface area (Å²) in [4.78, 5) is 14.8. The molecule has 0 amide bonds. The Hall–Kier alpha value is -2.06. The first-order valence-corrected chi connectivity index (χ1v) is 6.41. The van der Waals surface area contributed by atoms with Crippen molar-refractivity contribution in [2.45, 2.75) is 6.92 Å². The van der Waals surface area contributed by atoms with Gasteiger partial charge >= 0.3 is 0 Å².